The molecule has 6 aromatic carbocycles. The molecule has 0 radical (unpaired) electrons. The fourth-order valence-corrected chi connectivity index (χ4v) is 11.9. The van der Waals surface area contributed by atoms with E-state index in [1.807, 2.05) is 6.92 Å². The van der Waals surface area contributed by atoms with Crippen LogP contribution in [0.5, 0.6) is 28.7 Å². The summed E-state index contributed by atoms with van der Waals surface area (Å²) in [4.78, 5) is 0. The van der Waals surface area contributed by atoms with Gasteiger partial charge in [0.05, 0.1) is 6.61 Å². The molecular formula is C45H42O5P2. The first kappa shape index (κ1) is 34.3. The van der Waals surface area contributed by atoms with E-state index in [9.17, 15) is 0 Å². The minimum absolute atomic E-state index is 0.101. The summed E-state index contributed by atoms with van der Waals surface area (Å²) < 4.78 is 31.9. The molecule has 2 heterocycles. The van der Waals surface area contributed by atoms with Gasteiger partial charge in [0, 0.05) is 16.4 Å². The van der Waals surface area contributed by atoms with Crippen molar-refractivity contribution in [3.63, 3.8) is 0 Å². The van der Waals surface area contributed by atoms with Gasteiger partial charge >= 0.3 is 0 Å². The highest BCUT2D eigenvalue weighted by Crippen LogP contribution is 2.56. The van der Waals surface area contributed by atoms with Crippen LogP contribution in [0.3, 0.4) is 0 Å². The zero-order valence-electron chi connectivity index (χ0n) is 30.4. The third-order valence-electron chi connectivity index (χ3n) is 9.60. The second-order valence-electron chi connectivity index (χ2n) is 13.4. The van der Waals surface area contributed by atoms with Gasteiger partial charge in [-0.3, -0.25) is 0 Å². The summed E-state index contributed by atoms with van der Waals surface area (Å²) in [5.41, 5.74) is 7.87. The third-order valence-corrected chi connectivity index (χ3v) is 14.5. The highest BCUT2D eigenvalue weighted by Gasteiger charge is 2.38. The van der Waals surface area contributed by atoms with Crippen LogP contribution in [-0.2, 0) is 0 Å². The number of rotatable bonds is 9. The Bertz CT molecular complexity index is 2160. The Morgan fingerprint density at radius 1 is 0.462 bits per heavy atom. The minimum Gasteiger partial charge on any atom is -0.490 e. The van der Waals surface area contributed by atoms with Gasteiger partial charge in [-0.1, -0.05) is 119 Å². The molecule has 2 aliphatic heterocycles. The van der Waals surface area contributed by atoms with E-state index in [0.29, 0.717) is 23.9 Å². The number of aryl methyl sites for hydroxylation is 5. The molecule has 0 N–H and O–H groups in total. The van der Waals surface area contributed by atoms with E-state index in [2.05, 4.69) is 144 Å². The van der Waals surface area contributed by atoms with Crippen LogP contribution in [0.15, 0.2) is 109 Å². The van der Waals surface area contributed by atoms with Gasteiger partial charge in [-0.15, -0.1) is 0 Å². The van der Waals surface area contributed by atoms with Crippen LogP contribution < -0.4 is 55.5 Å². The Kier molecular flexibility index (Phi) is 9.43. The molecule has 262 valence electrons. The summed E-state index contributed by atoms with van der Waals surface area (Å²) in [6.45, 7) is 13.4. The number of hydrogen-bond donors (Lipinski definition) is 0. The predicted octanol–water partition coefficient (Wildman–Crippen LogP) is 8.27. The fourth-order valence-electron chi connectivity index (χ4n) is 6.97. The van der Waals surface area contributed by atoms with Gasteiger partial charge in [-0.05, 0) is 102 Å². The Balaban J connectivity index is 1.51. The topological polar surface area (TPSA) is 46.2 Å². The van der Waals surface area contributed by atoms with Crippen molar-refractivity contribution in [3.8, 4) is 39.9 Å². The minimum atomic E-state index is -1.12. The van der Waals surface area contributed by atoms with E-state index in [1.54, 1.807) is 0 Å². The summed E-state index contributed by atoms with van der Waals surface area (Å²) in [5, 5.41) is 7.26. The van der Waals surface area contributed by atoms with Crippen molar-refractivity contribution >= 4 is 47.7 Å². The fraction of sp³-hybridized carbons (Fsp3) is 0.200. The van der Waals surface area contributed by atoms with Crippen LogP contribution in [0.2, 0.25) is 0 Å². The maximum atomic E-state index is 6.56. The average molecular weight is 725 g/mol. The molecule has 7 heteroatoms. The monoisotopic (exact) mass is 724 g/mol. The number of ether oxygens (including phenoxy) is 5. The quantitative estimate of drug-likeness (QED) is 0.141. The molecule has 52 heavy (non-hydrogen) atoms. The molecule has 0 atom stereocenters. The molecule has 0 unspecified atom stereocenters. The average Bonchev–Trinajstić information content (AvgIpc) is 3.84. The maximum absolute atomic E-state index is 6.56. The first-order valence-corrected chi connectivity index (χ1v) is 20.4. The predicted molar refractivity (Wildman–Crippen MR) is 216 cm³/mol. The van der Waals surface area contributed by atoms with Crippen LogP contribution in [0.25, 0.3) is 11.1 Å². The Hall–Kier alpha value is -4.82. The van der Waals surface area contributed by atoms with E-state index < -0.39 is 15.8 Å². The van der Waals surface area contributed by atoms with Crippen molar-refractivity contribution in [2.45, 2.75) is 41.5 Å². The van der Waals surface area contributed by atoms with Gasteiger partial charge in [0.1, 0.15) is 0 Å². The van der Waals surface area contributed by atoms with Crippen LogP contribution in [0.4, 0.5) is 0 Å². The van der Waals surface area contributed by atoms with Crippen LogP contribution >= 0.6 is 15.8 Å². The second kappa shape index (κ2) is 14.3. The molecule has 0 aliphatic carbocycles. The molecule has 0 spiro atoms. The molecule has 2 aliphatic rings. The van der Waals surface area contributed by atoms with Crippen molar-refractivity contribution in [1.82, 2.24) is 0 Å². The molecule has 0 aromatic heterocycles. The Labute approximate surface area is 309 Å². The van der Waals surface area contributed by atoms with Gasteiger partial charge in [0.25, 0.3) is 0 Å². The molecule has 0 amide bonds. The second-order valence-corrected chi connectivity index (χ2v) is 17.8. The van der Waals surface area contributed by atoms with Gasteiger partial charge < -0.3 is 23.7 Å². The van der Waals surface area contributed by atoms with Crippen LogP contribution in [-0.4, -0.2) is 20.2 Å². The lowest BCUT2D eigenvalue weighted by Crippen LogP contribution is -2.27. The zero-order chi connectivity index (χ0) is 35.9. The maximum Gasteiger partial charge on any atom is 0.231 e. The summed E-state index contributed by atoms with van der Waals surface area (Å²) in [7, 11) is -2.18. The van der Waals surface area contributed by atoms with E-state index in [-0.39, 0.29) is 13.6 Å². The number of hydrogen-bond acceptors (Lipinski definition) is 5. The van der Waals surface area contributed by atoms with E-state index in [1.165, 1.54) is 48.8 Å². The highest BCUT2D eigenvalue weighted by molar-refractivity contribution is 7.80. The molecular weight excluding hydrogens is 682 g/mol. The third kappa shape index (κ3) is 6.31. The van der Waals surface area contributed by atoms with Gasteiger partial charge in [-0.25, -0.2) is 0 Å². The van der Waals surface area contributed by atoms with Crippen molar-refractivity contribution in [1.29, 1.82) is 0 Å². The van der Waals surface area contributed by atoms with E-state index >= 15 is 0 Å². The van der Waals surface area contributed by atoms with Crippen molar-refractivity contribution in [2.75, 3.05) is 20.2 Å². The molecule has 0 bridgehead atoms. The van der Waals surface area contributed by atoms with Crippen LogP contribution in [0, 0.1) is 34.6 Å². The first-order chi connectivity index (χ1) is 25.3. The smallest absolute Gasteiger partial charge is 0.231 e. The SMILES string of the molecule is CCOc1cc(P(c2ccc(C)cc2)c2ccc(C)cc2)c(-c2c(P(c3ccc(C)cc3)c3ccc(C)cc3)cc(C)c3c2OCO3)c2c1OCO2. The van der Waals surface area contributed by atoms with Gasteiger partial charge in [-0.2, -0.15) is 0 Å². The van der Waals surface area contributed by atoms with Crippen molar-refractivity contribution in [2.24, 2.45) is 0 Å². The Morgan fingerprint density at radius 2 is 0.808 bits per heavy atom. The highest BCUT2D eigenvalue weighted by atomic mass is 31.1. The molecule has 6 aromatic rings. The van der Waals surface area contributed by atoms with E-state index in [4.69, 9.17) is 23.7 Å². The van der Waals surface area contributed by atoms with Crippen LogP contribution in [0.1, 0.15) is 34.7 Å². The Morgan fingerprint density at radius 3 is 1.21 bits per heavy atom. The summed E-state index contributed by atoms with van der Waals surface area (Å²) in [6, 6.07) is 40.3. The molecule has 0 saturated carbocycles. The molecule has 0 fully saturated rings. The van der Waals surface area contributed by atoms with Gasteiger partial charge in [0.2, 0.25) is 19.3 Å². The first-order valence-electron chi connectivity index (χ1n) is 17.7. The molecule has 5 nitrogen and oxygen atoms in total. The van der Waals surface area contributed by atoms with Crippen molar-refractivity contribution in [3.05, 3.63) is 137 Å². The van der Waals surface area contributed by atoms with Crippen molar-refractivity contribution < 1.29 is 23.7 Å². The lowest BCUT2D eigenvalue weighted by Gasteiger charge is -2.29. The molecule has 0 saturated heterocycles. The summed E-state index contributed by atoms with van der Waals surface area (Å²) in [6.07, 6.45) is 0. The lowest BCUT2D eigenvalue weighted by atomic mass is 9.99. The number of fused-ring (bicyclic) bond motifs is 2. The zero-order valence-corrected chi connectivity index (χ0v) is 32.2. The lowest BCUT2D eigenvalue weighted by molar-refractivity contribution is 0.170. The van der Waals surface area contributed by atoms with Gasteiger partial charge in [0.15, 0.2) is 23.0 Å². The van der Waals surface area contributed by atoms with E-state index in [0.717, 1.165) is 33.5 Å². The number of benzene rings is 6. The largest absolute Gasteiger partial charge is 0.490 e. The standard InChI is InChI=1S/C45H42O5P2/c1-7-46-37-25-39(52(35-20-12-30(4)13-21-35)36-22-14-31(5)15-23-36)41(45-43(37)48-27-50-45)40-38(24-32(6)42-44(40)49-26-47-42)51(33-16-8-28(2)9-17-33)34-18-10-29(3)11-19-34/h8-25H,7,26-27H2,1-6H3. The summed E-state index contributed by atoms with van der Waals surface area (Å²) in [5.74, 6) is 3.50. The molecule has 8 rings (SSSR count). The normalized spacial score (nSPS) is 12.9. The summed E-state index contributed by atoms with van der Waals surface area (Å²) >= 11 is 0.